The lowest BCUT2D eigenvalue weighted by molar-refractivity contribution is 0.0996. The van der Waals surface area contributed by atoms with Crippen molar-refractivity contribution in [1.29, 1.82) is 0 Å². The molecule has 0 radical (unpaired) electrons. The van der Waals surface area contributed by atoms with E-state index in [0.717, 1.165) is 0 Å². The molecule has 198 valence electrons. The fourth-order valence-corrected chi connectivity index (χ4v) is 4.76. The molecule has 11 nitrogen and oxygen atoms in total. The molecule has 0 atom stereocenters. The minimum atomic E-state index is -4.15. The molecule has 2 aromatic heterocycles. The molecular formula is C27H23N5O6S. The number of fused-ring (bicyclic) bond motifs is 1. The van der Waals surface area contributed by atoms with Gasteiger partial charge in [0.25, 0.3) is 15.9 Å². The second kappa shape index (κ2) is 10.7. The lowest BCUT2D eigenvalue weighted by atomic mass is 10.2. The zero-order valence-corrected chi connectivity index (χ0v) is 21.7. The highest BCUT2D eigenvalue weighted by molar-refractivity contribution is 7.92. The number of hydrogen-bond acceptors (Lipinski definition) is 9. The van der Waals surface area contributed by atoms with Crippen LogP contribution in [0.2, 0.25) is 0 Å². The number of ether oxygens (including phenoxy) is 2. The standard InChI is InChI=1S/C27H23N5O6S/c1-36-19-13-18(14-20(16-19)37-2)28-25-26(31-23-10-4-3-9-22(23)30-25)32-39(34,35)21-8-5-7-17(15-21)29-27(33)24-11-6-12-38-24/h3-16H,1-2H3,(H,28,30)(H,29,33)(H,31,32). The number of para-hydroxylation sites is 2. The highest BCUT2D eigenvalue weighted by atomic mass is 32.2. The molecule has 0 unspecified atom stereocenters. The number of amides is 1. The van der Waals surface area contributed by atoms with Crippen LogP contribution in [0.25, 0.3) is 11.0 Å². The van der Waals surface area contributed by atoms with Gasteiger partial charge >= 0.3 is 0 Å². The second-order valence-electron chi connectivity index (χ2n) is 8.20. The molecule has 5 aromatic rings. The first-order chi connectivity index (χ1) is 18.8. The summed E-state index contributed by atoms with van der Waals surface area (Å²) >= 11 is 0. The summed E-state index contributed by atoms with van der Waals surface area (Å²) in [6, 6.07) is 21.1. The van der Waals surface area contributed by atoms with Gasteiger partial charge in [-0.1, -0.05) is 18.2 Å². The van der Waals surface area contributed by atoms with Crippen LogP contribution in [-0.2, 0) is 10.0 Å². The summed E-state index contributed by atoms with van der Waals surface area (Å²) in [5, 5.41) is 5.73. The number of carbonyl (C=O) groups excluding carboxylic acids is 1. The molecule has 0 bridgehead atoms. The maximum Gasteiger partial charge on any atom is 0.291 e. The van der Waals surface area contributed by atoms with Crippen LogP contribution in [0.5, 0.6) is 11.5 Å². The third-order valence-electron chi connectivity index (χ3n) is 5.56. The van der Waals surface area contributed by atoms with Crippen LogP contribution in [0.1, 0.15) is 10.6 Å². The molecule has 0 aliphatic heterocycles. The van der Waals surface area contributed by atoms with Gasteiger partial charge in [0.2, 0.25) is 0 Å². The maximum absolute atomic E-state index is 13.4. The quantitative estimate of drug-likeness (QED) is 0.232. The average Bonchev–Trinajstić information content (AvgIpc) is 3.48. The number of aromatic nitrogens is 2. The minimum Gasteiger partial charge on any atom is -0.497 e. The van der Waals surface area contributed by atoms with E-state index in [-0.39, 0.29) is 28.0 Å². The van der Waals surface area contributed by atoms with Crippen LogP contribution in [-0.4, -0.2) is 38.5 Å². The van der Waals surface area contributed by atoms with Crippen molar-refractivity contribution in [2.75, 3.05) is 29.6 Å². The van der Waals surface area contributed by atoms with E-state index < -0.39 is 15.9 Å². The summed E-state index contributed by atoms with van der Waals surface area (Å²) < 4.78 is 45.1. The molecule has 0 fully saturated rings. The van der Waals surface area contributed by atoms with Crippen molar-refractivity contribution in [3.05, 3.63) is 90.9 Å². The van der Waals surface area contributed by atoms with Crippen LogP contribution >= 0.6 is 0 Å². The molecule has 1 amide bonds. The molecule has 0 spiro atoms. The van der Waals surface area contributed by atoms with Gasteiger partial charge in [0.15, 0.2) is 17.4 Å². The molecule has 0 saturated carbocycles. The second-order valence-corrected chi connectivity index (χ2v) is 9.88. The van der Waals surface area contributed by atoms with Crippen molar-refractivity contribution in [2.24, 2.45) is 0 Å². The van der Waals surface area contributed by atoms with Gasteiger partial charge in [-0.05, 0) is 42.5 Å². The van der Waals surface area contributed by atoms with E-state index in [2.05, 4.69) is 25.3 Å². The number of rotatable bonds is 9. The van der Waals surface area contributed by atoms with Gasteiger partial charge in [0.1, 0.15) is 11.5 Å². The third kappa shape index (κ3) is 5.75. The van der Waals surface area contributed by atoms with Gasteiger partial charge in [0, 0.05) is 29.6 Å². The Labute approximate surface area is 223 Å². The highest BCUT2D eigenvalue weighted by Gasteiger charge is 2.20. The van der Waals surface area contributed by atoms with E-state index >= 15 is 0 Å². The van der Waals surface area contributed by atoms with Gasteiger partial charge in [-0.2, -0.15) is 0 Å². The summed E-state index contributed by atoms with van der Waals surface area (Å²) in [5.74, 6) is 0.776. The molecule has 3 aromatic carbocycles. The first-order valence-corrected chi connectivity index (χ1v) is 13.1. The number of sulfonamides is 1. The first kappa shape index (κ1) is 25.5. The number of nitrogens with one attached hydrogen (secondary N) is 3. The topological polar surface area (TPSA) is 145 Å². The van der Waals surface area contributed by atoms with Crippen LogP contribution in [0.4, 0.5) is 23.0 Å². The van der Waals surface area contributed by atoms with Crippen molar-refractivity contribution in [2.45, 2.75) is 4.90 Å². The van der Waals surface area contributed by atoms with Crippen molar-refractivity contribution in [3.63, 3.8) is 0 Å². The molecule has 12 heteroatoms. The van der Waals surface area contributed by atoms with Gasteiger partial charge in [-0.3, -0.25) is 9.52 Å². The Hall–Kier alpha value is -5.10. The predicted molar refractivity (Wildman–Crippen MR) is 146 cm³/mol. The Balaban J connectivity index is 1.49. The van der Waals surface area contributed by atoms with Crippen molar-refractivity contribution in [1.82, 2.24) is 9.97 Å². The smallest absolute Gasteiger partial charge is 0.291 e. The fraction of sp³-hybridized carbons (Fsp3) is 0.0741. The van der Waals surface area contributed by atoms with E-state index in [1.54, 1.807) is 48.5 Å². The average molecular weight is 546 g/mol. The lowest BCUT2D eigenvalue weighted by Gasteiger charge is -2.15. The molecule has 0 saturated heterocycles. The summed E-state index contributed by atoms with van der Waals surface area (Å²) in [4.78, 5) is 21.4. The predicted octanol–water partition coefficient (Wildman–Crippen LogP) is 5.04. The third-order valence-corrected chi connectivity index (χ3v) is 6.90. The molecule has 0 aliphatic rings. The van der Waals surface area contributed by atoms with E-state index in [0.29, 0.717) is 28.2 Å². The van der Waals surface area contributed by atoms with Crippen LogP contribution < -0.4 is 24.8 Å². The molecule has 2 heterocycles. The lowest BCUT2D eigenvalue weighted by Crippen LogP contribution is -2.17. The van der Waals surface area contributed by atoms with Crippen molar-refractivity contribution < 1.29 is 27.1 Å². The van der Waals surface area contributed by atoms with Gasteiger partial charge < -0.3 is 24.5 Å². The van der Waals surface area contributed by atoms with Gasteiger partial charge in [-0.15, -0.1) is 0 Å². The SMILES string of the molecule is COc1cc(Nc2nc3ccccc3nc2NS(=O)(=O)c2cccc(NC(=O)c3ccco3)c2)cc(OC)c1. The van der Waals surface area contributed by atoms with E-state index in [1.807, 2.05) is 6.07 Å². The molecule has 0 aliphatic carbocycles. The Morgan fingerprint density at radius 2 is 1.49 bits per heavy atom. The minimum absolute atomic E-state index is 0.0273. The number of methoxy groups -OCH3 is 2. The number of carbonyl (C=O) groups is 1. The van der Waals surface area contributed by atoms with Gasteiger partial charge in [-0.25, -0.2) is 18.4 Å². The summed E-state index contributed by atoms with van der Waals surface area (Å²) in [6.45, 7) is 0. The van der Waals surface area contributed by atoms with Crippen LogP contribution in [0.15, 0.2) is 94.4 Å². The Morgan fingerprint density at radius 1 is 0.795 bits per heavy atom. The molecule has 5 rings (SSSR count). The summed E-state index contributed by atoms with van der Waals surface area (Å²) in [6.07, 6.45) is 1.37. The zero-order chi connectivity index (χ0) is 27.4. The monoisotopic (exact) mass is 545 g/mol. The summed E-state index contributed by atoms with van der Waals surface area (Å²) in [5.41, 5.74) is 1.86. The van der Waals surface area contributed by atoms with E-state index in [4.69, 9.17) is 13.9 Å². The Morgan fingerprint density at radius 3 is 2.13 bits per heavy atom. The Bertz CT molecular complexity index is 1730. The number of anilines is 4. The number of benzene rings is 3. The Kier molecular flexibility index (Phi) is 7.02. The van der Waals surface area contributed by atoms with E-state index in [1.165, 1.54) is 44.7 Å². The number of hydrogen-bond donors (Lipinski definition) is 3. The van der Waals surface area contributed by atoms with Crippen LogP contribution in [0, 0.1) is 0 Å². The number of nitrogens with zero attached hydrogens (tertiary/aromatic N) is 2. The zero-order valence-electron chi connectivity index (χ0n) is 20.8. The number of furan rings is 1. The normalized spacial score (nSPS) is 11.1. The molecule has 39 heavy (non-hydrogen) atoms. The van der Waals surface area contributed by atoms with Crippen molar-refractivity contribution >= 4 is 50.0 Å². The molecular weight excluding hydrogens is 522 g/mol. The largest absolute Gasteiger partial charge is 0.497 e. The van der Waals surface area contributed by atoms with Crippen molar-refractivity contribution in [3.8, 4) is 11.5 Å². The van der Waals surface area contributed by atoms with Gasteiger partial charge in [0.05, 0.1) is 36.4 Å². The fourth-order valence-electron chi connectivity index (χ4n) is 3.70. The molecule has 3 N–H and O–H groups in total. The summed E-state index contributed by atoms with van der Waals surface area (Å²) in [7, 11) is -1.10. The van der Waals surface area contributed by atoms with Crippen LogP contribution in [0.3, 0.4) is 0 Å². The van der Waals surface area contributed by atoms with E-state index in [9.17, 15) is 13.2 Å². The first-order valence-electron chi connectivity index (χ1n) is 11.6. The maximum atomic E-state index is 13.4. The highest BCUT2D eigenvalue weighted by Crippen LogP contribution is 2.31.